The zero-order chi connectivity index (χ0) is 33.4. The fourth-order valence-electron chi connectivity index (χ4n) is 5.68. The molecule has 0 aliphatic carbocycles. The molecule has 1 atom stereocenters. The van der Waals surface area contributed by atoms with E-state index in [-0.39, 0.29) is 46.8 Å². The first-order chi connectivity index (χ1) is 22.5. The molecule has 0 fully saturated rings. The molecule has 13 heteroatoms. The monoisotopic (exact) mass is 661 g/mol. The molecule has 2 amide bonds. The van der Waals surface area contributed by atoms with E-state index in [1.807, 2.05) is 13.1 Å². The molecule has 5 aromatic rings. The van der Waals surface area contributed by atoms with Gasteiger partial charge in [0.2, 0.25) is 0 Å². The van der Waals surface area contributed by atoms with Gasteiger partial charge in [0, 0.05) is 30.7 Å². The van der Waals surface area contributed by atoms with Gasteiger partial charge >= 0.3 is 0 Å². The lowest BCUT2D eigenvalue weighted by atomic mass is 10.0. The second-order valence-electron chi connectivity index (χ2n) is 11.0. The maximum Gasteiger partial charge on any atom is 0.274 e. The van der Waals surface area contributed by atoms with Crippen LogP contribution in [0.4, 0.5) is 24.5 Å². The predicted octanol–water partition coefficient (Wildman–Crippen LogP) is 6.83. The summed E-state index contributed by atoms with van der Waals surface area (Å²) in [4.78, 5) is 45.0. The van der Waals surface area contributed by atoms with Crippen LogP contribution < -0.4 is 15.6 Å². The Kier molecular flexibility index (Phi) is 8.61. The van der Waals surface area contributed by atoms with Crippen LogP contribution in [-0.2, 0) is 0 Å². The number of nitrogens with zero attached hydrogens (tertiary/aromatic N) is 4. The largest absolute Gasteiger partial charge is 0.494 e. The summed E-state index contributed by atoms with van der Waals surface area (Å²) in [6, 6.07) is 13.6. The molecule has 3 heterocycles. The van der Waals surface area contributed by atoms with Gasteiger partial charge in [0.15, 0.2) is 17.5 Å². The summed E-state index contributed by atoms with van der Waals surface area (Å²) in [5.41, 5.74) is 1.97. The van der Waals surface area contributed by atoms with Crippen LogP contribution in [0.15, 0.2) is 84.2 Å². The number of anilines is 2. The van der Waals surface area contributed by atoms with Crippen molar-refractivity contribution in [3.05, 3.63) is 135 Å². The minimum atomic E-state index is -1.65. The van der Waals surface area contributed by atoms with Crippen molar-refractivity contribution in [1.29, 1.82) is 0 Å². The van der Waals surface area contributed by atoms with Gasteiger partial charge in [-0.15, -0.1) is 0 Å². The molecule has 1 aliphatic heterocycles. The number of amides is 2. The Labute approximate surface area is 271 Å². The third-order valence-electron chi connectivity index (χ3n) is 7.92. The van der Waals surface area contributed by atoms with Crippen molar-refractivity contribution in [1.82, 2.24) is 19.0 Å². The first kappa shape index (κ1) is 31.6. The Morgan fingerprint density at radius 2 is 1.62 bits per heavy atom. The Hall–Kier alpha value is -5.36. The number of nitrogens with one attached hydrogen (secondary N) is 1. The third-order valence-corrected chi connectivity index (χ3v) is 8.13. The highest BCUT2D eigenvalue weighted by Gasteiger charge is 2.35. The van der Waals surface area contributed by atoms with Crippen LogP contribution in [-0.4, -0.2) is 44.5 Å². The smallest absolute Gasteiger partial charge is 0.274 e. The topological polar surface area (TPSA) is 98.5 Å². The number of fused-ring (bicyclic) bond motifs is 1. The quantitative estimate of drug-likeness (QED) is 0.130. The zero-order valence-electron chi connectivity index (χ0n) is 25.1. The van der Waals surface area contributed by atoms with E-state index in [2.05, 4.69) is 10.3 Å². The van der Waals surface area contributed by atoms with Gasteiger partial charge in [-0.2, -0.15) is 0 Å². The van der Waals surface area contributed by atoms with E-state index in [9.17, 15) is 27.6 Å². The summed E-state index contributed by atoms with van der Waals surface area (Å²) in [6.45, 7) is 1.83. The molecule has 0 saturated carbocycles. The van der Waals surface area contributed by atoms with Crippen LogP contribution in [0.25, 0.3) is 5.69 Å². The number of pyridine rings is 1. The van der Waals surface area contributed by atoms with Crippen molar-refractivity contribution >= 4 is 34.8 Å². The van der Waals surface area contributed by atoms with E-state index >= 15 is 0 Å². The second kappa shape index (κ2) is 12.8. The van der Waals surface area contributed by atoms with Crippen LogP contribution in [0, 0.1) is 24.4 Å². The van der Waals surface area contributed by atoms with E-state index in [1.54, 1.807) is 53.4 Å². The van der Waals surface area contributed by atoms with Crippen molar-refractivity contribution in [3.8, 4) is 11.4 Å². The second-order valence-corrected chi connectivity index (χ2v) is 11.4. The molecular formula is C34H27ClF3N5O4. The fraction of sp³-hybridized carbons (Fsp3) is 0.176. The van der Waals surface area contributed by atoms with Crippen molar-refractivity contribution in [2.24, 2.45) is 0 Å². The Morgan fingerprint density at radius 3 is 2.23 bits per heavy atom. The number of hydrogen-bond donors (Lipinski definition) is 1. The number of carbonyl (C=O) groups excluding carboxylic acids is 2. The Balaban J connectivity index is 1.32. The number of aryl methyl sites for hydroxylation is 1. The van der Waals surface area contributed by atoms with Crippen LogP contribution >= 0.6 is 11.6 Å². The van der Waals surface area contributed by atoms with E-state index in [4.69, 9.17) is 16.3 Å². The fourth-order valence-corrected chi connectivity index (χ4v) is 5.90. The number of aromatic nitrogens is 3. The summed E-state index contributed by atoms with van der Waals surface area (Å²) >= 11 is 6.46. The lowest BCUT2D eigenvalue weighted by molar-refractivity contribution is 0.0650. The number of rotatable bonds is 10. The number of ether oxygens (including phenoxy) is 1. The lowest BCUT2D eigenvalue weighted by Gasteiger charge is -2.23. The molecule has 1 aliphatic rings. The molecular weight excluding hydrogens is 635 g/mol. The van der Waals surface area contributed by atoms with Gasteiger partial charge in [0.25, 0.3) is 17.4 Å². The molecule has 2 aromatic heterocycles. The highest BCUT2D eigenvalue weighted by molar-refractivity contribution is 6.30. The molecule has 9 nitrogen and oxygen atoms in total. The van der Waals surface area contributed by atoms with Gasteiger partial charge in [-0.25, -0.2) is 18.2 Å². The maximum atomic E-state index is 14.5. The summed E-state index contributed by atoms with van der Waals surface area (Å²) in [5.74, 6) is -4.95. The van der Waals surface area contributed by atoms with Crippen molar-refractivity contribution < 1.29 is 27.5 Å². The highest BCUT2D eigenvalue weighted by Crippen LogP contribution is 2.31. The molecule has 1 N–H and O–H groups in total. The number of halogens is 4. The number of hydrogen-bond acceptors (Lipinski definition) is 6. The van der Waals surface area contributed by atoms with Crippen LogP contribution in [0.3, 0.4) is 0 Å². The maximum absolute atomic E-state index is 14.5. The molecule has 1 unspecified atom stereocenters. The Bertz CT molecular complexity index is 2040. The van der Waals surface area contributed by atoms with Gasteiger partial charge in [-0.1, -0.05) is 23.7 Å². The standard InChI is InChI=1S/C34H27ClF3N5O4/c1-19-16-41(18-39-19)29-10-9-22(15-30(29)47-2)40-27-14-21(35)17-43(34(27)46)28(20-12-25(36)31(38)26(37)13-20)8-5-11-42-32(44)23-6-3-4-7-24(23)33(42)45/h3-4,6-7,9-10,12-18,28,40H,5,8,11H2,1-2H3. The minimum Gasteiger partial charge on any atom is -0.494 e. The minimum absolute atomic E-state index is 0.0298. The zero-order valence-corrected chi connectivity index (χ0v) is 25.9. The van der Waals surface area contributed by atoms with E-state index in [0.717, 1.165) is 22.7 Å². The summed E-state index contributed by atoms with van der Waals surface area (Å²) in [5, 5.41) is 3.17. The molecule has 0 radical (unpaired) electrons. The average Bonchev–Trinajstić information content (AvgIpc) is 3.59. The number of methoxy groups -OCH3 is 1. The van der Waals surface area contributed by atoms with E-state index in [0.29, 0.717) is 17.1 Å². The number of imidazole rings is 1. The Morgan fingerprint density at radius 1 is 0.936 bits per heavy atom. The van der Waals surface area contributed by atoms with Crippen LogP contribution in [0.1, 0.15) is 50.9 Å². The van der Waals surface area contributed by atoms with Crippen LogP contribution in [0.2, 0.25) is 5.02 Å². The highest BCUT2D eigenvalue weighted by atomic mass is 35.5. The first-order valence-corrected chi connectivity index (χ1v) is 14.9. The number of carbonyl (C=O) groups is 2. The molecule has 0 saturated heterocycles. The summed E-state index contributed by atoms with van der Waals surface area (Å²) in [6.07, 6.45) is 4.96. The van der Waals surface area contributed by atoms with Crippen molar-refractivity contribution in [2.45, 2.75) is 25.8 Å². The molecule has 0 spiro atoms. The molecule has 3 aromatic carbocycles. The SMILES string of the molecule is COc1cc(Nc2cc(Cl)cn(C(CCCN3C(=O)c4ccccc4C3=O)c3cc(F)c(F)c(F)c3)c2=O)ccc1-n1cnc(C)c1. The number of imide groups is 1. The van der Waals surface area contributed by atoms with Gasteiger partial charge in [0.05, 0.1) is 47.0 Å². The molecule has 47 heavy (non-hydrogen) atoms. The normalized spacial score (nSPS) is 13.2. The third kappa shape index (κ3) is 6.11. The van der Waals surface area contributed by atoms with Gasteiger partial charge < -0.3 is 19.2 Å². The molecule has 6 rings (SSSR count). The van der Waals surface area contributed by atoms with Gasteiger partial charge in [-0.05, 0) is 67.8 Å². The van der Waals surface area contributed by atoms with E-state index in [1.165, 1.54) is 23.9 Å². The van der Waals surface area contributed by atoms with Gasteiger partial charge in [0.1, 0.15) is 11.4 Å². The van der Waals surface area contributed by atoms with Gasteiger partial charge in [-0.3, -0.25) is 19.3 Å². The lowest BCUT2D eigenvalue weighted by Crippen LogP contribution is -2.32. The predicted molar refractivity (Wildman–Crippen MR) is 169 cm³/mol. The number of benzene rings is 3. The summed E-state index contributed by atoms with van der Waals surface area (Å²) in [7, 11) is 1.51. The van der Waals surface area contributed by atoms with Crippen molar-refractivity contribution in [3.63, 3.8) is 0 Å². The average molecular weight is 662 g/mol. The first-order valence-electron chi connectivity index (χ1n) is 14.5. The van der Waals surface area contributed by atoms with E-state index < -0.39 is 40.9 Å². The molecule has 0 bridgehead atoms. The van der Waals surface area contributed by atoms with Crippen molar-refractivity contribution in [2.75, 3.05) is 19.0 Å². The summed E-state index contributed by atoms with van der Waals surface area (Å²) < 4.78 is 51.4. The van der Waals surface area contributed by atoms with Crippen LogP contribution in [0.5, 0.6) is 5.75 Å². The molecule has 240 valence electrons.